The number of dihydropyridines is 1. The fraction of sp³-hybridized carbons (Fsp3) is 0.308. The molecule has 1 heterocycles. The molecule has 1 atom stereocenters. The van der Waals surface area contributed by atoms with Gasteiger partial charge in [-0.2, -0.15) is 0 Å². The maximum Gasteiger partial charge on any atom is 0.336 e. The molecule has 0 saturated heterocycles. The molecule has 184 valence electrons. The van der Waals surface area contributed by atoms with Crippen LogP contribution < -0.4 is 5.32 Å². The summed E-state index contributed by atoms with van der Waals surface area (Å²) in [6.45, 7) is 0.661. The lowest BCUT2D eigenvalue weighted by Gasteiger charge is -2.30. The van der Waals surface area contributed by atoms with Crippen molar-refractivity contribution in [2.45, 2.75) is 26.3 Å². The van der Waals surface area contributed by atoms with Crippen LogP contribution >= 0.6 is 0 Å². The Bertz CT molecular complexity index is 1270. The molecule has 0 aliphatic carbocycles. The van der Waals surface area contributed by atoms with Crippen molar-refractivity contribution in [3.8, 4) is 0 Å². The molecule has 1 unspecified atom stereocenters. The van der Waals surface area contributed by atoms with Crippen molar-refractivity contribution >= 4 is 17.6 Å². The van der Waals surface area contributed by atoms with Gasteiger partial charge in [-0.1, -0.05) is 42.5 Å². The lowest BCUT2D eigenvalue weighted by atomic mass is 9.80. The Morgan fingerprint density at radius 2 is 1.77 bits per heavy atom. The van der Waals surface area contributed by atoms with E-state index in [1.807, 2.05) is 6.07 Å². The molecule has 0 spiro atoms. The molecular weight excluding hydrogens is 451 g/mol. The van der Waals surface area contributed by atoms with E-state index in [2.05, 4.69) is 5.32 Å². The van der Waals surface area contributed by atoms with Gasteiger partial charge in [0.1, 0.15) is 6.61 Å². The average molecular weight is 484 g/mol. The van der Waals surface area contributed by atoms with E-state index in [4.69, 9.17) is 13.6 Å². The highest BCUT2D eigenvalue weighted by Gasteiger charge is 2.38. The standard InChI is InChI=1S/C26H29N3O6/c1-17-22(25(30)34-4)24(20-11-8-12-21(15-20)29(32)33)23(18(2)27-17)26(31)35-14-13-28(3)16-19-9-6-5-7-10-19/h5-12,15,24,27H,13-14,16H2,1-4H3/i3+1D3. The van der Waals surface area contributed by atoms with E-state index in [1.54, 1.807) is 44.2 Å². The summed E-state index contributed by atoms with van der Waals surface area (Å²) in [4.78, 5) is 38.2. The molecule has 0 saturated carbocycles. The number of ether oxygens (including phenoxy) is 2. The third kappa shape index (κ3) is 6.13. The average Bonchev–Trinajstić information content (AvgIpc) is 2.87. The van der Waals surface area contributed by atoms with Crippen LogP contribution in [0.4, 0.5) is 5.69 Å². The monoisotopic (exact) mass is 483 g/mol. The summed E-state index contributed by atoms with van der Waals surface area (Å²) < 4.78 is 34.0. The van der Waals surface area contributed by atoms with Crippen LogP contribution in [0.1, 0.15) is 35.0 Å². The normalized spacial score (nSPS) is 17.3. The summed E-state index contributed by atoms with van der Waals surface area (Å²) >= 11 is 0. The van der Waals surface area contributed by atoms with Gasteiger partial charge >= 0.3 is 11.9 Å². The van der Waals surface area contributed by atoms with Crippen molar-refractivity contribution < 1.29 is 28.1 Å². The first kappa shape index (κ1) is 21.5. The van der Waals surface area contributed by atoms with Gasteiger partial charge in [-0.25, -0.2) is 9.59 Å². The summed E-state index contributed by atoms with van der Waals surface area (Å²) in [6, 6.07) is 14.7. The second kappa shape index (κ2) is 11.4. The van der Waals surface area contributed by atoms with Crippen LogP contribution in [0.25, 0.3) is 0 Å². The predicted molar refractivity (Wildman–Crippen MR) is 130 cm³/mol. The van der Waals surface area contributed by atoms with Crippen molar-refractivity contribution in [2.75, 3.05) is 27.2 Å². The van der Waals surface area contributed by atoms with Crippen LogP contribution in [0.2, 0.25) is 0 Å². The smallest absolute Gasteiger partial charge is 0.336 e. The topological polar surface area (TPSA) is 111 Å². The second-order valence-corrected chi connectivity index (χ2v) is 8.02. The van der Waals surface area contributed by atoms with E-state index in [9.17, 15) is 19.7 Å². The Hall–Kier alpha value is -3.98. The highest BCUT2D eigenvalue weighted by atomic mass is 16.6. The molecule has 0 fully saturated rings. The molecule has 0 amide bonds. The van der Waals surface area contributed by atoms with Crippen LogP contribution in [0, 0.1) is 10.1 Å². The van der Waals surface area contributed by atoms with E-state index in [1.165, 1.54) is 30.2 Å². The second-order valence-electron chi connectivity index (χ2n) is 8.02. The summed E-state index contributed by atoms with van der Waals surface area (Å²) in [5.41, 5.74) is 1.92. The maximum atomic E-state index is 13.4. The van der Waals surface area contributed by atoms with Gasteiger partial charge in [-0.05, 0) is 32.0 Å². The molecule has 1 N–H and O–H groups in total. The number of allylic oxidation sites excluding steroid dienone is 2. The lowest BCUT2D eigenvalue weighted by Crippen LogP contribution is -2.33. The van der Waals surface area contributed by atoms with E-state index in [0.717, 1.165) is 5.56 Å². The fourth-order valence-electron chi connectivity index (χ4n) is 4.01. The molecule has 0 radical (unpaired) electrons. The van der Waals surface area contributed by atoms with Gasteiger partial charge in [0.25, 0.3) is 5.69 Å². The third-order valence-electron chi connectivity index (χ3n) is 5.61. The summed E-state index contributed by atoms with van der Waals surface area (Å²) in [7, 11) is 1.20. The number of non-ortho nitro benzene ring substituents is 1. The summed E-state index contributed by atoms with van der Waals surface area (Å²) in [6.07, 6.45) is 0. The minimum absolute atomic E-state index is 0.0694. The van der Waals surface area contributed by atoms with E-state index >= 15 is 0 Å². The molecule has 2 aromatic carbocycles. The van der Waals surface area contributed by atoms with Crippen molar-refractivity contribution in [2.24, 2.45) is 0 Å². The number of nitro groups is 1. The van der Waals surface area contributed by atoms with Gasteiger partial charge < -0.3 is 14.8 Å². The number of nitrogens with one attached hydrogen (secondary N) is 1. The summed E-state index contributed by atoms with van der Waals surface area (Å²) in [5.74, 6) is -2.49. The Labute approximate surface area is 208 Å². The number of esters is 2. The van der Waals surface area contributed by atoms with Crippen molar-refractivity contribution in [1.82, 2.24) is 10.2 Å². The van der Waals surface area contributed by atoms with Crippen LogP contribution in [-0.4, -0.2) is 49.0 Å². The largest absolute Gasteiger partial charge is 0.466 e. The number of carbonyl (C=O) groups is 2. The number of benzene rings is 2. The van der Waals surface area contributed by atoms with Crippen molar-refractivity contribution in [3.05, 3.63) is 98.4 Å². The van der Waals surface area contributed by atoms with Gasteiger partial charge in [0.05, 0.1) is 29.1 Å². The molecule has 1 aliphatic rings. The number of hydrogen-bond donors (Lipinski definition) is 1. The number of hydrogen-bond acceptors (Lipinski definition) is 8. The molecule has 9 heteroatoms. The van der Waals surface area contributed by atoms with Crippen LogP contribution in [0.15, 0.2) is 77.1 Å². The number of nitro benzene ring substituents is 1. The van der Waals surface area contributed by atoms with E-state index < -0.39 is 29.8 Å². The minimum atomic E-state index is -2.42. The Balaban J connectivity index is 1.88. The number of rotatable bonds is 9. The highest BCUT2D eigenvalue weighted by Crippen LogP contribution is 2.40. The molecule has 35 heavy (non-hydrogen) atoms. The van der Waals surface area contributed by atoms with E-state index in [0.29, 0.717) is 17.0 Å². The zero-order valence-corrected chi connectivity index (χ0v) is 19.7. The lowest BCUT2D eigenvalue weighted by molar-refractivity contribution is -0.384. The Kier molecular flexibility index (Phi) is 7.04. The first-order chi connectivity index (χ1) is 17.9. The Morgan fingerprint density at radius 3 is 2.40 bits per heavy atom. The number of likely N-dealkylation sites (N-methyl/N-ethyl adjacent to an activating group) is 1. The first-order valence-electron chi connectivity index (χ1n) is 12.4. The van der Waals surface area contributed by atoms with Gasteiger partial charge in [0, 0.05) is 40.7 Å². The van der Waals surface area contributed by atoms with E-state index in [-0.39, 0.29) is 36.5 Å². The maximum absolute atomic E-state index is 13.4. The van der Waals surface area contributed by atoms with Gasteiger partial charge in [-0.15, -0.1) is 0 Å². The van der Waals surface area contributed by atoms with Crippen molar-refractivity contribution in [3.63, 3.8) is 0 Å². The molecule has 0 bridgehead atoms. The summed E-state index contributed by atoms with van der Waals surface area (Å²) in [5, 5.41) is 14.4. The number of methoxy groups -OCH3 is 1. The molecule has 0 aromatic heterocycles. The fourth-order valence-corrected chi connectivity index (χ4v) is 4.01. The van der Waals surface area contributed by atoms with Crippen molar-refractivity contribution in [1.29, 1.82) is 0 Å². The number of carbonyl (C=O) groups excluding carboxylic acids is 2. The van der Waals surface area contributed by atoms with Gasteiger partial charge in [0.15, 0.2) is 0 Å². The Morgan fingerprint density at radius 1 is 1.09 bits per heavy atom. The molecule has 1 aliphatic heterocycles. The third-order valence-corrected chi connectivity index (χ3v) is 5.61. The van der Waals surface area contributed by atoms with Crippen LogP contribution in [-0.2, 0) is 25.6 Å². The first-order valence-corrected chi connectivity index (χ1v) is 10.9. The molecule has 2 aromatic rings. The SMILES string of the molecule is [2H][13C]([2H])([2H])N(CCOC(=O)C1=C(C)NC(C)=C(C(=O)OC)C1c1cccc([N+](=O)[O-])c1)Cc1ccccc1. The minimum Gasteiger partial charge on any atom is -0.466 e. The molecule has 3 rings (SSSR count). The van der Waals surface area contributed by atoms with Gasteiger partial charge in [-0.3, -0.25) is 15.0 Å². The quantitative estimate of drug-likeness (QED) is 0.249. The highest BCUT2D eigenvalue weighted by molar-refractivity contribution is 5.99. The van der Waals surface area contributed by atoms with Crippen LogP contribution in [0.3, 0.4) is 0 Å². The molecular formula is C26H29N3O6. The predicted octanol–water partition coefficient (Wildman–Crippen LogP) is 3.68. The molecule has 9 nitrogen and oxygen atoms in total. The number of nitrogens with zero attached hydrogens (tertiary/aromatic N) is 2. The zero-order chi connectivity index (χ0) is 28.0. The zero-order valence-electron chi connectivity index (χ0n) is 22.7. The van der Waals surface area contributed by atoms with Crippen LogP contribution in [0.5, 0.6) is 0 Å². The van der Waals surface area contributed by atoms with Gasteiger partial charge in [0.2, 0.25) is 0 Å².